The third-order valence-electron chi connectivity index (χ3n) is 4.88. The van der Waals surface area contributed by atoms with Gasteiger partial charge in [0.1, 0.15) is 0 Å². The number of hydrogen-bond acceptors (Lipinski definition) is 3. The first-order valence-electron chi connectivity index (χ1n) is 8.41. The molecule has 2 saturated carbocycles. The molecule has 1 heterocycles. The third-order valence-corrected chi connectivity index (χ3v) is 4.88. The van der Waals surface area contributed by atoms with Crippen LogP contribution in [0.25, 0.3) is 21.3 Å². The Kier molecular flexibility index (Phi) is 3.68. The second-order valence-corrected chi connectivity index (χ2v) is 6.76. The molecule has 23 heavy (non-hydrogen) atoms. The zero-order valence-corrected chi connectivity index (χ0v) is 13.4. The van der Waals surface area contributed by atoms with E-state index >= 15 is 0 Å². The van der Waals surface area contributed by atoms with Gasteiger partial charge in [-0.2, -0.15) is 0 Å². The Balaban J connectivity index is 1.74. The Bertz CT molecular complexity index is 773. The SMILES string of the molecule is Cc1cccc2cc(CN=[N+]=[N-])c(CN(C3CC3)C3CC3)nc12. The summed E-state index contributed by atoms with van der Waals surface area (Å²) < 4.78 is 0. The lowest BCUT2D eigenvalue weighted by molar-refractivity contribution is 0.240. The minimum absolute atomic E-state index is 0.381. The van der Waals surface area contributed by atoms with Crippen LogP contribution in [0.4, 0.5) is 0 Å². The molecule has 2 aliphatic carbocycles. The molecule has 2 fully saturated rings. The predicted molar refractivity (Wildman–Crippen MR) is 90.9 cm³/mol. The number of nitrogens with zero attached hydrogens (tertiary/aromatic N) is 5. The van der Waals surface area contributed by atoms with Gasteiger partial charge in [-0.15, -0.1) is 0 Å². The molecule has 0 amide bonds. The number of para-hydroxylation sites is 1. The van der Waals surface area contributed by atoms with Gasteiger partial charge in [-0.1, -0.05) is 23.3 Å². The highest BCUT2D eigenvalue weighted by atomic mass is 15.2. The summed E-state index contributed by atoms with van der Waals surface area (Å²) in [6.45, 7) is 3.37. The fourth-order valence-electron chi connectivity index (χ4n) is 3.35. The second-order valence-electron chi connectivity index (χ2n) is 6.76. The Morgan fingerprint density at radius 3 is 2.65 bits per heavy atom. The lowest BCUT2D eigenvalue weighted by Crippen LogP contribution is -2.28. The topological polar surface area (TPSA) is 64.9 Å². The smallest absolute Gasteiger partial charge is 0.0735 e. The first-order chi connectivity index (χ1) is 11.3. The lowest BCUT2D eigenvalue weighted by Gasteiger charge is -2.22. The summed E-state index contributed by atoms with van der Waals surface area (Å²) in [5.74, 6) is 0. The molecular formula is C18H21N5. The van der Waals surface area contributed by atoms with Crippen molar-refractivity contribution in [2.75, 3.05) is 0 Å². The number of fused-ring (bicyclic) bond motifs is 1. The van der Waals surface area contributed by atoms with Crippen LogP contribution in [0.1, 0.15) is 42.5 Å². The maximum absolute atomic E-state index is 8.68. The van der Waals surface area contributed by atoms with Gasteiger partial charge in [0, 0.05) is 28.9 Å². The van der Waals surface area contributed by atoms with E-state index in [-0.39, 0.29) is 0 Å². The second kappa shape index (κ2) is 5.84. The fraction of sp³-hybridized carbons (Fsp3) is 0.500. The normalized spacial score (nSPS) is 17.5. The minimum Gasteiger partial charge on any atom is -0.292 e. The molecule has 0 aliphatic heterocycles. The van der Waals surface area contributed by atoms with Crippen molar-refractivity contribution in [1.29, 1.82) is 0 Å². The van der Waals surface area contributed by atoms with E-state index in [4.69, 9.17) is 10.5 Å². The van der Waals surface area contributed by atoms with Crippen LogP contribution in [0, 0.1) is 6.92 Å². The monoisotopic (exact) mass is 307 g/mol. The van der Waals surface area contributed by atoms with Crippen LogP contribution in [-0.4, -0.2) is 22.0 Å². The van der Waals surface area contributed by atoms with Gasteiger partial charge in [-0.25, -0.2) is 0 Å². The number of rotatable bonds is 6. The summed E-state index contributed by atoms with van der Waals surface area (Å²) in [5, 5.41) is 4.91. The molecule has 0 radical (unpaired) electrons. The highest BCUT2D eigenvalue weighted by molar-refractivity contribution is 5.82. The molecule has 0 atom stereocenters. The predicted octanol–water partition coefficient (Wildman–Crippen LogP) is 4.48. The summed E-state index contributed by atoms with van der Waals surface area (Å²) in [4.78, 5) is 10.5. The quantitative estimate of drug-likeness (QED) is 0.448. The van der Waals surface area contributed by atoms with Crippen molar-refractivity contribution >= 4 is 10.9 Å². The minimum atomic E-state index is 0.381. The Morgan fingerprint density at radius 2 is 2.00 bits per heavy atom. The van der Waals surface area contributed by atoms with Crippen LogP contribution in [-0.2, 0) is 13.1 Å². The van der Waals surface area contributed by atoms with Gasteiger partial charge in [-0.05, 0) is 55.3 Å². The average Bonchev–Trinajstić information content (AvgIpc) is 3.44. The van der Waals surface area contributed by atoms with Crippen LogP contribution in [0.15, 0.2) is 29.4 Å². The van der Waals surface area contributed by atoms with Gasteiger partial charge < -0.3 is 0 Å². The van der Waals surface area contributed by atoms with E-state index in [1.807, 2.05) is 0 Å². The molecule has 0 unspecified atom stereocenters. The van der Waals surface area contributed by atoms with Crippen LogP contribution in [0.2, 0.25) is 0 Å². The van der Waals surface area contributed by atoms with Crippen molar-refractivity contribution in [3.05, 3.63) is 51.5 Å². The van der Waals surface area contributed by atoms with Crippen LogP contribution >= 0.6 is 0 Å². The Morgan fingerprint density at radius 1 is 1.26 bits per heavy atom. The van der Waals surface area contributed by atoms with Crippen molar-refractivity contribution in [2.24, 2.45) is 5.11 Å². The van der Waals surface area contributed by atoms with Gasteiger partial charge in [-0.3, -0.25) is 9.88 Å². The van der Waals surface area contributed by atoms with Crippen LogP contribution < -0.4 is 0 Å². The zero-order chi connectivity index (χ0) is 15.8. The highest BCUT2D eigenvalue weighted by Crippen LogP contribution is 2.38. The molecule has 2 aliphatic rings. The third kappa shape index (κ3) is 3.03. The Hall–Kier alpha value is -2.10. The Labute approximate surface area is 135 Å². The first-order valence-corrected chi connectivity index (χ1v) is 8.41. The molecule has 0 bridgehead atoms. The van der Waals surface area contributed by atoms with E-state index in [9.17, 15) is 0 Å². The number of aryl methyl sites for hydroxylation is 1. The van der Waals surface area contributed by atoms with Gasteiger partial charge in [0.05, 0.1) is 17.8 Å². The van der Waals surface area contributed by atoms with Crippen molar-refractivity contribution in [2.45, 2.75) is 57.8 Å². The molecule has 4 rings (SSSR count). The van der Waals surface area contributed by atoms with Crippen molar-refractivity contribution < 1.29 is 0 Å². The number of aromatic nitrogens is 1. The van der Waals surface area contributed by atoms with E-state index in [2.05, 4.69) is 46.1 Å². The van der Waals surface area contributed by atoms with E-state index in [1.54, 1.807) is 0 Å². The summed E-state index contributed by atoms with van der Waals surface area (Å²) >= 11 is 0. The van der Waals surface area contributed by atoms with Gasteiger partial charge in [0.15, 0.2) is 0 Å². The summed E-state index contributed by atoms with van der Waals surface area (Å²) in [5.41, 5.74) is 13.1. The fourth-order valence-corrected chi connectivity index (χ4v) is 3.35. The number of benzene rings is 1. The van der Waals surface area contributed by atoms with Gasteiger partial charge in [0.2, 0.25) is 0 Å². The number of hydrogen-bond donors (Lipinski definition) is 0. The van der Waals surface area contributed by atoms with Crippen LogP contribution in [0.5, 0.6) is 0 Å². The largest absolute Gasteiger partial charge is 0.292 e. The molecule has 0 spiro atoms. The molecule has 2 aromatic rings. The number of pyridine rings is 1. The maximum atomic E-state index is 8.68. The van der Waals surface area contributed by atoms with Crippen molar-refractivity contribution in [3.8, 4) is 0 Å². The van der Waals surface area contributed by atoms with E-state index in [0.717, 1.165) is 40.8 Å². The summed E-state index contributed by atoms with van der Waals surface area (Å²) in [6.07, 6.45) is 5.26. The van der Waals surface area contributed by atoms with Crippen molar-refractivity contribution in [3.63, 3.8) is 0 Å². The summed E-state index contributed by atoms with van der Waals surface area (Å²) in [7, 11) is 0. The van der Waals surface area contributed by atoms with E-state index < -0.39 is 0 Å². The maximum Gasteiger partial charge on any atom is 0.0735 e. The molecule has 118 valence electrons. The molecule has 0 saturated heterocycles. The van der Waals surface area contributed by atoms with Crippen molar-refractivity contribution in [1.82, 2.24) is 9.88 Å². The van der Waals surface area contributed by atoms with Gasteiger partial charge in [0.25, 0.3) is 0 Å². The van der Waals surface area contributed by atoms with Gasteiger partial charge >= 0.3 is 0 Å². The standard InChI is InChI=1S/C18H21N5/c1-12-3-2-4-13-9-14(10-20-22-19)17(21-18(12)13)11-23(15-5-6-15)16-7-8-16/h2-4,9,15-16H,5-8,10-11H2,1H3. The first kappa shape index (κ1) is 14.5. The average molecular weight is 307 g/mol. The lowest BCUT2D eigenvalue weighted by atomic mass is 10.1. The molecule has 5 nitrogen and oxygen atoms in total. The molecule has 1 aromatic heterocycles. The molecular weight excluding hydrogens is 286 g/mol. The summed E-state index contributed by atoms with van der Waals surface area (Å²) in [6, 6.07) is 9.87. The zero-order valence-electron chi connectivity index (χ0n) is 13.4. The number of azide groups is 1. The molecule has 0 N–H and O–H groups in total. The molecule has 1 aromatic carbocycles. The van der Waals surface area contributed by atoms with E-state index in [0.29, 0.717) is 6.54 Å². The van der Waals surface area contributed by atoms with Crippen LogP contribution in [0.3, 0.4) is 0 Å². The highest BCUT2D eigenvalue weighted by Gasteiger charge is 2.39. The molecule has 5 heteroatoms. The van der Waals surface area contributed by atoms with E-state index in [1.165, 1.54) is 31.2 Å².